The summed E-state index contributed by atoms with van der Waals surface area (Å²) < 4.78 is 13.0. The molecule has 0 radical (unpaired) electrons. The number of likely N-dealkylation sites (tertiary alicyclic amines) is 1. The molecule has 0 spiro atoms. The third kappa shape index (κ3) is 3.58. The van der Waals surface area contributed by atoms with Crippen molar-refractivity contribution in [3.63, 3.8) is 0 Å². The fraction of sp³-hybridized carbons (Fsp3) is 0.588. The highest BCUT2D eigenvalue weighted by Crippen LogP contribution is 2.20. The molecule has 1 aromatic rings. The minimum Gasteiger partial charge on any atom is -0.369 e. The van der Waals surface area contributed by atoms with E-state index in [1.165, 1.54) is 12.1 Å². The Morgan fingerprint density at radius 3 is 2.45 bits per heavy atom. The van der Waals surface area contributed by atoms with Gasteiger partial charge in [0.2, 0.25) is 5.91 Å². The molecule has 5 heteroatoms. The summed E-state index contributed by atoms with van der Waals surface area (Å²) in [4.78, 5) is 18.2. The fourth-order valence-corrected chi connectivity index (χ4v) is 3.45. The predicted molar refractivity (Wildman–Crippen MR) is 85.4 cm³/mol. The number of rotatable bonds is 3. The summed E-state index contributed by atoms with van der Waals surface area (Å²) in [6, 6.07) is 6.76. The Labute approximate surface area is 131 Å². The summed E-state index contributed by atoms with van der Waals surface area (Å²) in [6.45, 7) is 5.99. The quantitative estimate of drug-likeness (QED) is 0.852. The normalized spacial score (nSPS) is 23.9. The Bertz CT molecular complexity index is 511. The van der Waals surface area contributed by atoms with E-state index < -0.39 is 0 Å². The average molecular weight is 305 g/mol. The number of amides is 1. The van der Waals surface area contributed by atoms with Gasteiger partial charge in [0.1, 0.15) is 5.82 Å². The zero-order valence-corrected chi connectivity index (χ0v) is 13.2. The molecule has 0 bridgehead atoms. The molecule has 0 N–H and O–H groups in total. The minimum atomic E-state index is -0.182. The molecule has 120 valence electrons. The molecule has 22 heavy (non-hydrogen) atoms. The van der Waals surface area contributed by atoms with E-state index in [4.69, 9.17) is 0 Å². The molecule has 2 aliphatic heterocycles. The van der Waals surface area contributed by atoms with Crippen molar-refractivity contribution in [3.05, 3.63) is 30.1 Å². The van der Waals surface area contributed by atoms with Gasteiger partial charge in [0, 0.05) is 58.4 Å². The topological polar surface area (TPSA) is 26.8 Å². The summed E-state index contributed by atoms with van der Waals surface area (Å²) >= 11 is 0. The lowest BCUT2D eigenvalue weighted by Crippen LogP contribution is -2.49. The molecular weight excluding hydrogens is 281 g/mol. The number of carbonyl (C=O) groups is 1. The van der Waals surface area contributed by atoms with E-state index in [9.17, 15) is 9.18 Å². The van der Waals surface area contributed by atoms with Crippen LogP contribution in [0.3, 0.4) is 0 Å². The second-order valence-electron chi connectivity index (χ2n) is 6.44. The SMILES string of the molecule is CN1CC(CN2CCN(c3ccc(F)cc3)CC2)CCC1=O. The summed E-state index contributed by atoms with van der Waals surface area (Å²) in [5, 5.41) is 0. The van der Waals surface area contributed by atoms with E-state index in [-0.39, 0.29) is 11.7 Å². The first kappa shape index (κ1) is 15.3. The predicted octanol–water partition coefficient (Wildman–Crippen LogP) is 1.82. The number of piperidine rings is 1. The Kier molecular flexibility index (Phi) is 4.62. The van der Waals surface area contributed by atoms with Crippen molar-refractivity contribution in [2.75, 3.05) is 51.2 Å². The number of anilines is 1. The first-order valence-electron chi connectivity index (χ1n) is 8.08. The molecule has 2 fully saturated rings. The number of carbonyl (C=O) groups excluding carboxylic acids is 1. The first-order chi connectivity index (χ1) is 10.6. The lowest BCUT2D eigenvalue weighted by Gasteiger charge is -2.39. The van der Waals surface area contributed by atoms with E-state index in [1.807, 2.05) is 24.1 Å². The molecule has 2 aliphatic rings. The first-order valence-corrected chi connectivity index (χ1v) is 8.08. The largest absolute Gasteiger partial charge is 0.369 e. The van der Waals surface area contributed by atoms with Gasteiger partial charge >= 0.3 is 0 Å². The third-order valence-electron chi connectivity index (χ3n) is 4.80. The number of halogens is 1. The van der Waals surface area contributed by atoms with Gasteiger partial charge in [-0.25, -0.2) is 4.39 Å². The van der Waals surface area contributed by atoms with E-state index in [0.29, 0.717) is 12.3 Å². The molecule has 2 saturated heterocycles. The van der Waals surface area contributed by atoms with Crippen LogP contribution in [0.1, 0.15) is 12.8 Å². The number of hydrogen-bond acceptors (Lipinski definition) is 3. The smallest absolute Gasteiger partial charge is 0.222 e. The van der Waals surface area contributed by atoms with Gasteiger partial charge in [-0.3, -0.25) is 9.69 Å². The van der Waals surface area contributed by atoms with Gasteiger partial charge in [0.15, 0.2) is 0 Å². The van der Waals surface area contributed by atoms with Crippen LogP contribution in [0, 0.1) is 11.7 Å². The Balaban J connectivity index is 1.47. The summed E-state index contributed by atoms with van der Waals surface area (Å²) in [6.07, 6.45) is 1.71. The van der Waals surface area contributed by atoms with Crippen molar-refractivity contribution in [3.8, 4) is 0 Å². The van der Waals surface area contributed by atoms with Crippen molar-refractivity contribution in [2.24, 2.45) is 5.92 Å². The molecule has 0 saturated carbocycles. The van der Waals surface area contributed by atoms with Gasteiger partial charge in [0.25, 0.3) is 0 Å². The van der Waals surface area contributed by atoms with Crippen molar-refractivity contribution in [1.29, 1.82) is 0 Å². The summed E-state index contributed by atoms with van der Waals surface area (Å²) in [5.74, 6) is 0.691. The molecule has 3 rings (SSSR count). The van der Waals surface area contributed by atoms with E-state index in [2.05, 4.69) is 9.80 Å². The molecule has 1 aromatic carbocycles. The van der Waals surface area contributed by atoms with Crippen molar-refractivity contribution < 1.29 is 9.18 Å². The van der Waals surface area contributed by atoms with Gasteiger partial charge in [-0.2, -0.15) is 0 Å². The van der Waals surface area contributed by atoms with Gasteiger partial charge in [0.05, 0.1) is 0 Å². The van der Waals surface area contributed by atoms with Crippen molar-refractivity contribution >= 4 is 11.6 Å². The van der Waals surface area contributed by atoms with Crippen LogP contribution in [0.5, 0.6) is 0 Å². The molecule has 1 atom stereocenters. The van der Waals surface area contributed by atoms with Crippen molar-refractivity contribution in [1.82, 2.24) is 9.80 Å². The van der Waals surface area contributed by atoms with Crippen LogP contribution in [0.2, 0.25) is 0 Å². The maximum Gasteiger partial charge on any atom is 0.222 e. The van der Waals surface area contributed by atoms with Crippen LogP contribution < -0.4 is 4.90 Å². The molecule has 0 aliphatic carbocycles. The lowest BCUT2D eigenvalue weighted by atomic mass is 9.97. The number of hydrogen-bond donors (Lipinski definition) is 0. The third-order valence-corrected chi connectivity index (χ3v) is 4.80. The van der Waals surface area contributed by atoms with E-state index in [0.717, 1.165) is 51.4 Å². The van der Waals surface area contributed by atoms with Crippen LogP contribution in [-0.2, 0) is 4.79 Å². The van der Waals surface area contributed by atoms with Crippen molar-refractivity contribution in [2.45, 2.75) is 12.8 Å². The number of benzene rings is 1. The van der Waals surface area contributed by atoms with Crippen LogP contribution >= 0.6 is 0 Å². The standard InChI is InChI=1S/C17H24FN3O/c1-19-12-14(2-7-17(19)22)13-20-8-10-21(11-9-20)16-5-3-15(18)4-6-16/h3-6,14H,2,7-13H2,1H3. The molecule has 1 amide bonds. The summed E-state index contributed by atoms with van der Waals surface area (Å²) in [7, 11) is 1.90. The highest BCUT2D eigenvalue weighted by molar-refractivity contribution is 5.76. The van der Waals surface area contributed by atoms with Gasteiger partial charge in [-0.15, -0.1) is 0 Å². The summed E-state index contributed by atoms with van der Waals surface area (Å²) in [5.41, 5.74) is 1.10. The monoisotopic (exact) mass is 305 g/mol. The Hall–Kier alpha value is -1.62. The van der Waals surface area contributed by atoms with Crippen LogP contribution in [0.25, 0.3) is 0 Å². The average Bonchev–Trinajstić information content (AvgIpc) is 2.53. The molecule has 2 heterocycles. The van der Waals surface area contributed by atoms with Crippen LogP contribution in [0.4, 0.5) is 10.1 Å². The Morgan fingerprint density at radius 2 is 1.82 bits per heavy atom. The van der Waals surface area contributed by atoms with Gasteiger partial charge in [-0.05, 0) is 36.6 Å². The van der Waals surface area contributed by atoms with Crippen LogP contribution in [-0.4, -0.2) is 62.0 Å². The molecular formula is C17H24FN3O. The maximum absolute atomic E-state index is 13.0. The highest BCUT2D eigenvalue weighted by Gasteiger charge is 2.26. The zero-order valence-electron chi connectivity index (χ0n) is 13.2. The lowest BCUT2D eigenvalue weighted by molar-refractivity contribution is -0.133. The van der Waals surface area contributed by atoms with Crippen LogP contribution in [0.15, 0.2) is 24.3 Å². The van der Waals surface area contributed by atoms with Gasteiger partial charge in [-0.1, -0.05) is 0 Å². The molecule has 0 aromatic heterocycles. The second-order valence-corrected chi connectivity index (χ2v) is 6.44. The zero-order chi connectivity index (χ0) is 15.5. The number of nitrogens with zero attached hydrogens (tertiary/aromatic N) is 3. The second kappa shape index (κ2) is 6.65. The van der Waals surface area contributed by atoms with E-state index in [1.54, 1.807) is 0 Å². The number of piperazine rings is 1. The maximum atomic E-state index is 13.0. The Morgan fingerprint density at radius 1 is 1.14 bits per heavy atom. The fourth-order valence-electron chi connectivity index (χ4n) is 3.45. The highest BCUT2D eigenvalue weighted by atomic mass is 19.1. The molecule has 4 nitrogen and oxygen atoms in total. The minimum absolute atomic E-state index is 0.182. The molecule has 1 unspecified atom stereocenters. The van der Waals surface area contributed by atoms with E-state index >= 15 is 0 Å². The van der Waals surface area contributed by atoms with Gasteiger partial charge < -0.3 is 9.80 Å².